The van der Waals surface area contributed by atoms with Gasteiger partial charge < -0.3 is 9.64 Å². The monoisotopic (exact) mass is 365 g/mol. The van der Waals surface area contributed by atoms with Gasteiger partial charge in [-0.05, 0) is 55.2 Å². The van der Waals surface area contributed by atoms with Crippen molar-refractivity contribution in [2.75, 3.05) is 19.7 Å². The zero-order valence-electron chi connectivity index (χ0n) is 15.9. The molecule has 0 aliphatic carbocycles. The Bertz CT molecular complexity index is 747. The Balaban J connectivity index is 1.45. The van der Waals surface area contributed by atoms with E-state index in [1.807, 2.05) is 6.07 Å². The van der Waals surface area contributed by atoms with Crippen LogP contribution in [0.25, 0.3) is 11.1 Å². The molecule has 1 fully saturated rings. The predicted molar refractivity (Wildman–Crippen MR) is 106 cm³/mol. The molecule has 0 N–H and O–H groups in total. The maximum absolute atomic E-state index is 12.0. The van der Waals surface area contributed by atoms with Crippen LogP contribution >= 0.6 is 0 Å². The molecule has 142 valence electrons. The molecule has 0 unspecified atom stereocenters. The summed E-state index contributed by atoms with van der Waals surface area (Å²) in [6.07, 6.45) is 4.07. The molecule has 0 spiro atoms. The number of hydrogen-bond acceptors (Lipinski definition) is 3. The third-order valence-corrected chi connectivity index (χ3v) is 5.25. The molecule has 0 bridgehead atoms. The van der Waals surface area contributed by atoms with Gasteiger partial charge in [0.1, 0.15) is 0 Å². The lowest BCUT2D eigenvalue weighted by atomic mass is 9.90. The number of carbonyl (C=O) groups is 2. The van der Waals surface area contributed by atoms with Gasteiger partial charge in [-0.15, -0.1) is 0 Å². The number of carbonyl (C=O) groups excluding carboxylic acids is 2. The minimum atomic E-state index is -0.727. The summed E-state index contributed by atoms with van der Waals surface area (Å²) in [5, 5.41) is 0. The minimum Gasteiger partial charge on any atom is -0.459 e. The van der Waals surface area contributed by atoms with Crippen LogP contribution in [0.15, 0.2) is 54.6 Å². The highest BCUT2D eigenvalue weighted by Crippen LogP contribution is 2.24. The lowest BCUT2D eigenvalue weighted by molar-refractivity contribution is -0.160. The second-order valence-corrected chi connectivity index (χ2v) is 7.06. The summed E-state index contributed by atoms with van der Waals surface area (Å²) in [6.45, 7) is 3.25. The number of amides is 1. The van der Waals surface area contributed by atoms with Crippen LogP contribution in [-0.2, 0) is 20.7 Å². The highest BCUT2D eigenvalue weighted by atomic mass is 16.5. The van der Waals surface area contributed by atoms with E-state index in [0.29, 0.717) is 19.0 Å². The van der Waals surface area contributed by atoms with E-state index >= 15 is 0 Å². The molecular weight excluding hydrogens is 338 g/mol. The topological polar surface area (TPSA) is 46.6 Å². The number of rotatable bonds is 5. The van der Waals surface area contributed by atoms with Gasteiger partial charge in [-0.2, -0.15) is 0 Å². The summed E-state index contributed by atoms with van der Waals surface area (Å²) < 4.78 is 4.80. The zero-order valence-corrected chi connectivity index (χ0v) is 15.9. The maximum Gasteiger partial charge on any atom is 0.397 e. The zero-order chi connectivity index (χ0) is 19.1. The van der Waals surface area contributed by atoms with Crippen LogP contribution < -0.4 is 0 Å². The van der Waals surface area contributed by atoms with Gasteiger partial charge in [-0.1, -0.05) is 54.6 Å². The number of benzene rings is 2. The quantitative estimate of drug-likeness (QED) is 0.592. The van der Waals surface area contributed by atoms with Crippen LogP contribution in [0.1, 0.15) is 31.7 Å². The third kappa shape index (κ3) is 5.19. The standard InChI is InChI=1S/C23H27NO3/c1-2-27-23(26)22(25)24-16-14-19(15-17-24)9-8-18-10-12-21(13-11-18)20-6-4-3-5-7-20/h3-7,10-13,19H,2,8-9,14-17H2,1H3. The van der Waals surface area contributed by atoms with Crippen molar-refractivity contribution >= 4 is 11.9 Å². The molecule has 0 radical (unpaired) electrons. The van der Waals surface area contributed by atoms with E-state index in [4.69, 9.17) is 4.74 Å². The van der Waals surface area contributed by atoms with Crippen LogP contribution in [0.5, 0.6) is 0 Å². The number of aryl methyl sites for hydroxylation is 1. The Kier molecular flexibility index (Phi) is 6.64. The molecule has 0 aromatic heterocycles. The highest BCUT2D eigenvalue weighted by molar-refractivity contribution is 6.32. The number of likely N-dealkylation sites (tertiary alicyclic amines) is 1. The van der Waals surface area contributed by atoms with E-state index in [-0.39, 0.29) is 6.61 Å². The molecule has 4 nitrogen and oxygen atoms in total. The third-order valence-electron chi connectivity index (χ3n) is 5.25. The summed E-state index contributed by atoms with van der Waals surface area (Å²) >= 11 is 0. The molecule has 0 saturated carbocycles. The molecule has 1 aliphatic heterocycles. The molecule has 1 aliphatic rings. The molecule has 0 atom stereocenters. The molecule has 1 amide bonds. The van der Waals surface area contributed by atoms with Crippen molar-refractivity contribution in [3.8, 4) is 11.1 Å². The van der Waals surface area contributed by atoms with Crippen LogP contribution in [-0.4, -0.2) is 36.5 Å². The van der Waals surface area contributed by atoms with Gasteiger partial charge in [0.15, 0.2) is 0 Å². The first-order chi connectivity index (χ1) is 13.2. The van der Waals surface area contributed by atoms with Crippen LogP contribution in [0.2, 0.25) is 0 Å². The van der Waals surface area contributed by atoms with Gasteiger partial charge in [0.2, 0.25) is 0 Å². The molecule has 2 aromatic rings. The number of hydrogen-bond donors (Lipinski definition) is 0. The SMILES string of the molecule is CCOC(=O)C(=O)N1CCC(CCc2ccc(-c3ccccc3)cc2)CC1. The number of ether oxygens (including phenoxy) is 1. The van der Waals surface area contributed by atoms with Gasteiger partial charge in [0, 0.05) is 13.1 Å². The van der Waals surface area contributed by atoms with Gasteiger partial charge >= 0.3 is 11.9 Å². The number of piperidine rings is 1. The van der Waals surface area contributed by atoms with E-state index in [1.165, 1.54) is 16.7 Å². The Morgan fingerprint density at radius 2 is 1.59 bits per heavy atom. The first-order valence-corrected chi connectivity index (χ1v) is 9.77. The van der Waals surface area contributed by atoms with Gasteiger partial charge in [-0.3, -0.25) is 4.79 Å². The summed E-state index contributed by atoms with van der Waals surface area (Å²) in [6, 6.07) is 19.2. The molecule has 1 saturated heterocycles. The maximum atomic E-state index is 12.0. The van der Waals surface area contributed by atoms with Crippen LogP contribution in [0.4, 0.5) is 0 Å². The number of nitrogens with zero attached hydrogens (tertiary/aromatic N) is 1. The first kappa shape index (κ1) is 19.2. The predicted octanol–water partition coefficient (Wildman–Crippen LogP) is 4.09. The molecule has 3 rings (SSSR count). The van der Waals surface area contributed by atoms with Gasteiger partial charge in [0.25, 0.3) is 0 Å². The van der Waals surface area contributed by atoms with Crippen molar-refractivity contribution in [2.45, 2.75) is 32.6 Å². The fourth-order valence-corrected chi connectivity index (χ4v) is 3.61. The van der Waals surface area contributed by atoms with Gasteiger partial charge in [0.05, 0.1) is 6.61 Å². The van der Waals surface area contributed by atoms with Gasteiger partial charge in [-0.25, -0.2) is 4.79 Å². The van der Waals surface area contributed by atoms with E-state index in [0.717, 1.165) is 25.7 Å². The average Bonchev–Trinajstić information content (AvgIpc) is 2.73. The van der Waals surface area contributed by atoms with Crippen molar-refractivity contribution in [2.24, 2.45) is 5.92 Å². The lowest BCUT2D eigenvalue weighted by Gasteiger charge is -2.31. The highest BCUT2D eigenvalue weighted by Gasteiger charge is 2.27. The normalized spacial score (nSPS) is 14.8. The van der Waals surface area contributed by atoms with Crippen molar-refractivity contribution < 1.29 is 14.3 Å². The number of esters is 1. The molecule has 27 heavy (non-hydrogen) atoms. The van der Waals surface area contributed by atoms with Crippen LogP contribution in [0.3, 0.4) is 0 Å². The molecule has 1 heterocycles. The fraction of sp³-hybridized carbons (Fsp3) is 0.391. The fourth-order valence-electron chi connectivity index (χ4n) is 3.61. The Labute approximate surface area is 161 Å². The Hall–Kier alpha value is -2.62. The molecular formula is C23H27NO3. The average molecular weight is 365 g/mol. The van der Waals surface area contributed by atoms with Crippen molar-refractivity contribution in [1.29, 1.82) is 0 Å². The van der Waals surface area contributed by atoms with E-state index in [9.17, 15) is 9.59 Å². The second kappa shape index (κ2) is 9.36. The van der Waals surface area contributed by atoms with E-state index in [1.54, 1.807) is 11.8 Å². The first-order valence-electron chi connectivity index (χ1n) is 9.77. The van der Waals surface area contributed by atoms with Crippen molar-refractivity contribution in [1.82, 2.24) is 4.90 Å². The van der Waals surface area contributed by atoms with E-state index in [2.05, 4.69) is 48.5 Å². The largest absolute Gasteiger partial charge is 0.459 e. The molecule has 2 aromatic carbocycles. The Morgan fingerprint density at radius 1 is 0.963 bits per heavy atom. The van der Waals surface area contributed by atoms with Crippen molar-refractivity contribution in [3.63, 3.8) is 0 Å². The summed E-state index contributed by atoms with van der Waals surface area (Å²) in [5.41, 5.74) is 3.83. The minimum absolute atomic E-state index is 0.240. The second-order valence-electron chi connectivity index (χ2n) is 7.06. The summed E-state index contributed by atoms with van der Waals surface area (Å²) in [5.74, 6) is -0.619. The Morgan fingerprint density at radius 3 is 2.22 bits per heavy atom. The van der Waals surface area contributed by atoms with E-state index < -0.39 is 11.9 Å². The summed E-state index contributed by atoms with van der Waals surface area (Å²) in [7, 11) is 0. The van der Waals surface area contributed by atoms with Crippen LogP contribution in [0, 0.1) is 5.92 Å². The molecule has 4 heteroatoms. The van der Waals surface area contributed by atoms with Crippen molar-refractivity contribution in [3.05, 3.63) is 60.2 Å². The summed E-state index contributed by atoms with van der Waals surface area (Å²) in [4.78, 5) is 25.2. The lowest BCUT2D eigenvalue weighted by Crippen LogP contribution is -2.42. The smallest absolute Gasteiger partial charge is 0.397 e.